The van der Waals surface area contributed by atoms with Crippen LogP contribution in [0.3, 0.4) is 0 Å². The predicted molar refractivity (Wildman–Crippen MR) is 478 cm³/mol. The number of rotatable bonds is 26. The van der Waals surface area contributed by atoms with Gasteiger partial charge in [0.05, 0.1) is 43.2 Å². The zero-order chi connectivity index (χ0) is 86.0. The molecule has 8 fully saturated rings. The number of nitrogens with zero attached hydrogens (tertiary/aromatic N) is 8. The number of piperidine rings is 2. The summed E-state index contributed by atoms with van der Waals surface area (Å²) in [5.74, 6) is -0.270. The third-order valence-corrected chi connectivity index (χ3v) is 30.6. The normalized spacial score (nSPS) is 20.1. The number of likely N-dealkylation sites (tertiary alicyclic amines) is 2. The lowest BCUT2D eigenvalue weighted by Gasteiger charge is -2.56. The minimum absolute atomic E-state index is 0.0165. The van der Waals surface area contributed by atoms with E-state index in [0.717, 1.165) is 161 Å². The Balaban J connectivity index is 0.000000176. The van der Waals surface area contributed by atoms with E-state index in [1.807, 2.05) is 36.4 Å². The minimum Gasteiger partial charge on any atom is -0.455 e. The lowest BCUT2D eigenvalue weighted by atomic mass is 9.59. The Bertz CT molecular complexity index is 5520. The fourth-order valence-electron chi connectivity index (χ4n) is 20.3. The summed E-state index contributed by atoms with van der Waals surface area (Å²) in [5, 5.41) is 33.7. The number of halogens is 2. The van der Waals surface area contributed by atoms with Crippen LogP contribution in [0.1, 0.15) is 172 Å². The van der Waals surface area contributed by atoms with E-state index in [4.69, 9.17) is 42.1 Å². The number of H-pyrrole nitrogens is 2. The maximum absolute atomic E-state index is 13.9. The Labute approximate surface area is 731 Å². The van der Waals surface area contributed by atoms with Crippen molar-refractivity contribution in [1.82, 2.24) is 39.2 Å². The molecule has 2 aliphatic carbocycles. The summed E-state index contributed by atoms with van der Waals surface area (Å²) < 4.78 is 82.5. The molecule has 10 heterocycles. The van der Waals surface area contributed by atoms with Crippen molar-refractivity contribution in [1.29, 1.82) is 0 Å². The first-order valence-corrected chi connectivity index (χ1v) is 47.1. The van der Waals surface area contributed by atoms with Crippen LogP contribution < -0.4 is 39.4 Å². The molecule has 28 nitrogen and oxygen atoms in total. The lowest BCUT2D eigenvalue weighted by Crippen LogP contribution is -2.55. The molecule has 0 radical (unpaired) electrons. The summed E-state index contributed by atoms with van der Waals surface area (Å²) >= 11 is 13.3. The largest absolute Gasteiger partial charge is 0.455 e. The molecule has 6 aromatic carbocycles. The molecule has 0 unspecified atom stereocenters. The van der Waals surface area contributed by atoms with Gasteiger partial charge in [-0.2, -0.15) is 0 Å². The molecule has 124 heavy (non-hydrogen) atoms. The first kappa shape index (κ1) is 85.7. The number of pyridine rings is 2. The van der Waals surface area contributed by atoms with Crippen LogP contribution in [-0.4, -0.2) is 159 Å². The summed E-state index contributed by atoms with van der Waals surface area (Å²) in [5.41, 5.74) is 8.50. The molecular formula is C92H104Cl2N14O14S2. The van der Waals surface area contributed by atoms with Gasteiger partial charge in [-0.1, -0.05) is 61.3 Å². The van der Waals surface area contributed by atoms with Crippen molar-refractivity contribution < 1.29 is 55.2 Å². The number of amides is 2. The Morgan fingerprint density at radius 2 is 0.927 bits per heavy atom. The number of nitrogens with one attached hydrogen (secondary N) is 6. The number of nitro groups is 2. The van der Waals surface area contributed by atoms with Crippen LogP contribution in [0.5, 0.6) is 23.0 Å². The quantitative estimate of drug-likeness (QED) is 0.0217. The van der Waals surface area contributed by atoms with Gasteiger partial charge in [0.15, 0.2) is 0 Å². The zero-order valence-electron chi connectivity index (χ0n) is 69.6. The maximum atomic E-state index is 13.9. The molecule has 2 atom stereocenters. The van der Waals surface area contributed by atoms with Crippen molar-refractivity contribution in [2.45, 2.75) is 163 Å². The summed E-state index contributed by atoms with van der Waals surface area (Å²) in [7, 11) is -9.09. The smallest absolute Gasteiger partial charge is 0.293 e. The average Bonchev–Trinajstić information content (AvgIpc) is 1.50. The molecule has 18 rings (SSSR count). The molecule has 4 aromatic heterocycles. The van der Waals surface area contributed by atoms with Gasteiger partial charge in [-0.3, -0.25) is 39.6 Å². The molecular weight excluding hydrogens is 1660 g/mol. The number of fused-ring (bicyclic) bond motifs is 2. The number of hydrogen-bond donors (Lipinski definition) is 6. The van der Waals surface area contributed by atoms with Gasteiger partial charge in [0, 0.05) is 159 Å². The zero-order valence-corrected chi connectivity index (χ0v) is 72.7. The van der Waals surface area contributed by atoms with E-state index in [2.05, 4.69) is 97.7 Å². The van der Waals surface area contributed by atoms with Crippen LogP contribution in [0.2, 0.25) is 10.0 Å². The third-order valence-electron chi connectivity index (χ3n) is 27.2. The van der Waals surface area contributed by atoms with Crippen molar-refractivity contribution in [3.8, 4) is 23.0 Å². The van der Waals surface area contributed by atoms with Crippen molar-refractivity contribution in [3.63, 3.8) is 0 Å². The van der Waals surface area contributed by atoms with Gasteiger partial charge in [0.2, 0.25) is 0 Å². The Morgan fingerprint density at radius 1 is 0.524 bits per heavy atom. The van der Waals surface area contributed by atoms with Crippen LogP contribution in [-0.2, 0) is 42.4 Å². The third kappa shape index (κ3) is 18.5. The summed E-state index contributed by atoms with van der Waals surface area (Å²) in [6.45, 7) is 13.4. The predicted octanol–water partition coefficient (Wildman–Crippen LogP) is 18.0. The van der Waals surface area contributed by atoms with E-state index in [0.29, 0.717) is 86.5 Å². The molecule has 8 aliphatic rings. The van der Waals surface area contributed by atoms with Gasteiger partial charge in [-0.15, -0.1) is 0 Å². The fourth-order valence-corrected chi connectivity index (χ4v) is 22.9. The first-order valence-electron chi connectivity index (χ1n) is 43.4. The van der Waals surface area contributed by atoms with E-state index in [-0.39, 0.29) is 56.7 Å². The summed E-state index contributed by atoms with van der Waals surface area (Å²) in [4.78, 5) is 75.0. The molecule has 0 bridgehead atoms. The molecule has 2 saturated carbocycles. The van der Waals surface area contributed by atoms with Gasteiger partial charge in [-0.05, 0) is 259 Å². The van der Waals surface area contributed by atoms with Crippen LogP contribution >= 0.6 is 23.2 Å². The Hall–Kier alpha value is -10.4. The topological polar surface area (TPSA) is 344 Å². The van der Waals surface area contributed by atoms with E-state index >= 15 is 0 Å². The average molecular weight is 1760 g/mol. The van der Waals surface area contributed by atoms with Gasteiger partial charge >= 0.3 is 0 Å². The molecule has 6 aliphatic heterocycles. The number of aromatic nitrogens is 4. The minimum atomic E-state index is -4.54. The number of nitro benzene ring substituents is 2. The highest BCUT2D eigenvalue weighted by molar-refractivity contribution is 7.90. The van der Waals surface area contributed by atoms with E-state index in [1.54, 1.807) is 61.2 Å². The standard InChI is InChI=1S/2C46H52ClN7O7S/c2*1-2-36-37(5-3-6-39(36)47)41-7-4-18-53(41)33-26-46(27-33)15-19-52(20-16-46)32-8-10-38(43(24-32)61-34-23-31-12-17-48-44(31)50-29-34)45(55)51-62(58,59)35-9-11-40(42(25-35)54(56)57)49-28-30-13-21-60-22-14-30/h2*3,5-6,8-12,17,23-25,29-30,33,41,49H,2,4,7,13-16,18-22,26-28H2,1H3,(H,48,50)(H,51,55)/t2*41-/m10/s1. The second-order valence-corrected chi connectivity index (χ2v) is 38.7. The van der Waals surface area contributed by atoms with Crippen LogP contribution in [0, 0.1) is 42.9 Å². The second-order valence-electron chi connectivity index (χ2n) is 34.6. The van der Waals surface area contributed by atoms with Gasteiger partial charge in [0.25, 0.3) is 43.2 Å². The van der Waals surface area contributed by atoms with Crippen molar-refractivity contribution in [3.05, 3.63) is 222 Å². The highest BCUT2D eigenvalue weighted by Crippen LogP contribution is 2.57. The Morgan fingerprint density at radius 3 is 1.31 bits per heavy atom. The lowest BCUT2D eigenvalue weighted by molar-refractivity contribution is -0.384. The molecule has 32 heteroatoms. The summed E-state index contributed by atoms with van der Waals surface area (Å²) in [6, 6.07) is 39.5. The number of carbonyl (C=O) groups is 2. The van der Waals surface area contributed by atoms with Crippen LogP contribution in [0.15, 0.2) is 168 Å². The number of benzene rings is 6. The highest BCUT2D eigenvalue weighted by atomic mass is 35.5. The van der Waals surface area contributed by atoms with E-state index in [9.17, 15) is 46.7 Å². The molecule has 2 spiro atoms. The van der Waals surface area contributed by atoms with Crippen LogP contribution in [0.25, 0.3) is 22.1 Å². The fraction of sp³-hybridized carbons (Fsp3) is 0.435. The molecule has 652 valence electrons. The number of aromatic amines is 2. The second kappa shape index (κ2) is 36.6. The van der Waals surface area contributed by atoms with E-state index in [1.165, 1.54) is 85.0 Å². The SMILES string of the molecule is CCc1c(Cl)cccc1[C@@H]1CCCN1C1CC2(CCN(c3ccc(C(=O)NS(=O)(=O)c4ccc(NCC5CCOCC5)c([N+](=O)[O-])c4)c(Oc4cnc5[nH]ccc5c4)c3)CC2)C1.CCc1c(Cl)cccc1[C@H]1CCCN1C1CC2(CCN(c3ccc(C(=O)NS(=O)(=O)c4ccc(NCC5CCOCC5)c([N+](=O)[O-])c4)c(Oc4cnc5[nH]ccc5c4)c3)CC2)C1. The maximum Gasteiger partial charge on any atom is 0.293 e. The number of anilines is 4. The molecule has 6 N–H and O–H groups in total. The Kier molecular flexibility index (Phi) is 25.3. The number of carbonyl (C=O) groups excluding carboxylic acids is 2. The number of hydrogen-bond acceptors (Lipinski definition) is 22. The van der Waals surface area contributed by atoms with E-state index < -0.39 is 62.9 Å². The van der Waals surface area contributed by atoms with Crippen molar-refractivity contribution >= 4 is 111 Å². The molecule has 10 aromatic rings. The van der Waals surface area contributed by atoms with Crippen LogP contribution in [0.4, 0.5) is 34.1 Å². The van der Waals surface area contributed by atoms with Gasteiger partial charge in [-0.25, -0.2) is 36.2 Å². The van der Waals surface area contributed by atoms with Crippen molar-refractivity contribution in [2.24, 2.45) is 22.7 Å². The number of sulfonamides is 2. The van der Waals surface area contributed by atoms with Gasteiger partial charge < -0.3 is 49.3 Å². The van der Waals surface area contributed by atoms with Crippen molar-refractivity contribution in [2.75, 3.05) is 99.2 Å². The molecule has 2 amide bonds. The highest BCUT2D eigenvalue weighted by Gasteiger charge is 2.52. The molecule has 6 saturated heterocycles. The first-order chi connectivity index (χ1) is 60.0. The number of ether oxygens (including phenoxy) is 4. The summed E-state index contributed by atoms with van der Waals surface area (Å²) in [6.07, 6.45) is 25.4. The van der Waals surface area contributed by atoms with Gasteiger partial charge in [0.1, 0.15) is 45.7 Å². The monoisotopic (exact) mass is 1760 g/mol.